The van der Waals surface area contributed by atoms with Crippen LogP contribution in [0.2, 0.25) is 5.02 Å². The van der Waals surface area contributed by atoms with Gasteiger partial charge in [-0.05, 0) is 61.7 Å². The van der Waals surface area contributed by atoms with E-state index in [1.165, 1.54) is 0 Å². The lowest BCUT2D eigenvalue weighted by Crippen LogP contribution is -2.26. The normalized spacial score (nSPS) is 11.0. The molecular weight excluding hydrogens is 486 g/mol. The smallest absolute Gasteiger partial charge is 0.224 e. The van der Waals surface area contributed by atoms with Crippen LogP contribution in [-0.4, -0.2) is 35.2 Å². The van der Waals surface area contributed by atoms with E-state index in [2.05, 4.69) is 22.0 Å². The fourth-order valence-corrected chi connectivity index (χ4v) is 4.45. The Balaban J connectivity index is 1.25. The van der Waals surface area contributed by atoms with Crippen molar-refractivity contribution < 1.29 is 14.3 Å². The van der Waals surface area contributed by atoms with Crippen molar-refractivity contribution in [3.05, 3.63) is 89.2 Å². The first-order chi connectivity index (χ1) is 18.1. The SMILES string of the molecule is CCOc1ccccc1OCCn1c(CCCCCNC(=O)Cc2ccc(Cl)cc2)nc2ccccc21. The van der Waals surface area contributed by atoms with Crippen LogP contribution >= 0.6 is 11.6 Å². The summed E-state index contributed by atoms with van der Waals surface area (Å²) in [6, 6.07) is 23.4. The van der Waals surface area contributed by atoms with Crippen molar-refractivity contribution in [1.29, 1.82) is 0 Å². The maximum absolute atomic E-state index is 12.2. The Morgan fingerprint density at radius 1 is 0.919 bits per heavy atom. The number of halogens is 1. The summed E-state index contributed by atoms with van der Waals surface area (Å²) in [6.45, 7) is 4.48. The zero-order valence-electron chi connectivity index (χ0n) is 21.3. The molecule has 3 aromatic carbocycles. The third-order valence-electron chi connectivity index (χ3n) is 6.13. The van der Waals surface area contributed by atoms with Crippen LogP contribution in [0.4, 0.5) is 0 Å². The summed E-state index contributed by atoms with van der Waals surface area (Å²) in [7, 11) is 0. The van der Waals surface area contributed by atoms with Crippen LogP contribution in [0.3, 0.4) is 0 Å². The van der Waals surface area contributed by atoms with Crippen LogP contribution in [-0.2, 0) is 24.2 Å². The number of hydrogen-bond acceptors (Lipinski definition) is 4. The highest BCUT2D eigenvalue weighted by atomic mass is 35.5. The molecule has 0 unspecified atom stereocenters. The van der Waals surface area contributed by atoms with E-state index in [1.54, 1.807) is 0 Å². The van der Waals surface area contributed by atoms with Crippen molar-refractivity contribution in [2.24, 2.45) is 0 Å². The largest absolute Gasteiger partial charge is 0.490 e. The number of unbranched alkanes of at least 4 members (excludes halogenated alkanes) is 2. The van der Waals surface area contributed by atoms with Crippen LogP contribution in [0.5, 0.6) is 11.5 Å². The summed E-state index contributed by atoms with van der Waals surface area (Å²) < 4.78 is 14.0. The number of aryl methyl sites for hydroxylation is 1. The summed E-state index contributed by atoms with van der Waals surface area (Å²) >= 11 is 5.91. The van der Waals surface area contributed by atoms with Gasteiger partial charge in [0.05, 0.1) is 30.6 Å². The molecule has 1 amide bonds. The van der Waals surface area contributed by atoms with Gasteiger partial charge in [-0.15, -0.1) is 0 Å². The molecule has 1 heterocycles. The van der Waals surface area contributed by atoms with E-state index in [-0.39, 0.29) is 5.91 Å². The first kappa shape index (κ1) is 26.6. The van der Waals surface area contributed by atoms with Gasteiger partial charge in [-0.3, -0.25) is 4.79 Å². The first-order valence-electron chi connectivity index (χ1n) is 12.9. The molecule has 0 saturated heterocycles. The second-order valence-corrected chi connectivity index (χ2v) is 9.30. The number of carbonyl (C=O) groups is 1. The molecular formula is C30H34ClN3O3. The van der Waals surface area contributed by atoms with Crippen LogP contribution in [0, 0.1) is 0 Å². The number of carbonyl (C=O) groups excluding carboxylic acids is 1. The van der Waals surface area contributed by atoms with Crippen LogP contribution < -0.4 is 14.8 Å². The Morgan fingerprint density at radius 3 is 2.43 bits per heavy atom. The van der Waals surface area contributed by atoms with Gasteiger partial charge in [0.25, 0.3) is 0 Å². The average Bonchev–Trinajstić information content (AvgIpc) is 3.26. The van der Waals surface area contributed by atoms with Gasteiger partial charge in [-0.2, -0.15) is 0 Å². The summed E-state index contributed by atoms with van der Waals surface area (Å²) in [5, 5.41) is 3.69. The molecule has 37 heavy (non-hydrogen) atoms. The number of para-hydroxylation sites is 4. The number of amides is 1. The molecule has 1 aromatic heterocycles. The van der Waals surface area contributed by atoms with E-state index in [0.717, 1.165) is 59.6 Å². The molecule has 0 aliphatic heterocycles. The van der Waals surface area contributed by atoms with Crippen molar-refractivity contribution in [2.45, 2.75) is 45.6 Å². The predicted molar refractivity (Wildman–Crippen MR) is 149 cm³/mol. The highest BCUT2D eigenvalue weighted by Gasteiger charge is 2.11. The topological polar surface area (TPSA) is 65.4 Å². The highest BCUT2D eigenvalue weighted by molar-refractivity contribution is 6.30. The Kier molecular flexibility index (Phi) is 9.83. The predicted octanol–water partition coefficient (Wildman–Crippen LogP) is 6.24. The minimum absolute atomic E-state index is 0.0371. The van der Waals surface area contributed by atoms with E-state index in [1.807, 2.05) is 67.6 Å². The minimum Gasteiger partial charge on any atom is -0.490 e. The van der Waals surface area contributed by atoms with Gasteiger partial charge in [0.2, 0.25) is 5.91 Å². The third-order valence-corrected chi connectivity index (χ3v) is 6.38. The van der Waals surface area contributed by atoms with Crippen LogP contribution in [0.25, 0.3) is 11.0 Å². The number of nitrogens with one attached hydrogen (secondary N) is 1. The van der Waals surface area contributed by atoms with Gasteiger partial charge in [0.1, 0.15) is 12.4 Å². The number of rotatable bonds is 14. The third kappa shape index (κ3) is 7.73. The lowest BCUT2D eigenvalue weighted by Gasteiger charge is -2.13. The Labute approximate surface area is 223 Å². The molecule has 1 N–H and O–H groups in total. The van der Waals surface area contributed by atoms with Gasteiger partial charge >= 0.3 is 0 Å². The van der Waals surface area contributed by atoms with Crippen molar-refractivity contribution in [2.75, 3.05) is 19.8 Å². The second-order valence-electron chi connectivity index (χ2n) is 8.86. The van der Waals surface area contributed by atoms with Crippen molar-refractivity contribution in [1.82, 2.24) is 14.9 Å². The Hall–Kier alpha value is -3.51. The van der Waals surface area contributed by atoms with Gasteiger partial charge in [-0.1, -0.05) is 54.4 Å². The molecule has 0 radical (unpaired) electrons. The molecule has 4 aromatic rings. The molecule has 0 fully saturated rings. The highest BCUT2D eigenvalue weighted by Crippen LogP contribution is 2.26. The molecule has 194 valence electrons. The fraction of sp³-hybridized carbons (Fsp3) is 0.333. The average molecular weight is 520 g/mol. The first-order valence-corrected chi connectivity index (χ1v) is 13.3. The number of imidazole rings is 1. The van der Waals surface area contributed by atoms with E-state index in [0.29, 0.717) is 37.7 Å². The standard InChI is InChI=1S/C30H34ClN3O3/c1-2-36-27-12-7-8-13-28(27)37-21-20-34-26-11-6-5-10-25(26)33-29(34)14-4-3-9-19-32-30(35)22-23-15-17-24(31)18-16-23/h5-8,10-13,15-18H,2-4,9,14,19-22H2,1H3,(H,32,35). The van der Waals surface area contributed by atoms with Crippen molar-refractivity contribution >= 4 is 28.5 Å². The lowest BCUT2D eigenvalue weighted by atomic mass is 10.1. The monoisotopic (exact) mass is 519 g/mol. The number of fused-ring (bicyclic) bond motifs is 1. The number of benzene rings is 3. The lowest BCUT2D eigenvalue weighted by molar-refractivity contribution is -0.120. The quantitative estimate of drug-likeness (QED) is 0.200. The van der Waals surface area contributed by atoms with E-state index < -0.39 is 0 Å². The Bertz CT molecular complexity index is 1290. The summed E-state index contributed by atoms with van der Waals surface area (Å²) in [6.07, 6.45) is 4.21. The molecule has 7 heteroatoms. The maximum atomic E-state index is 12.2. The summed E-state index contributed by atoms with van der Waals surface area (Å²) in [4.78, 5) is 17.1. The van der Waals surface area contributed by atoms with E-state index >= 15 is 0 Å². The molecule has 0 aliphatic rings. The van der Waals surface area contributed by atoms with E-state index in [4.69, 9.17) is 26.1 Å². The zero-order chi connectivity index (χ0) is 25.9. The van der Waals surface area contributed by atoms with Gasteiger partial charge in [0, 0.05) is 18.0 Å². The molecule has 0 atom stereocenters. The second kappa shape index (κ2) is 13.7. The minimum atomic E-state index is 0.0371. The number of hydrogen-bond donors (Lipinski definition) is 1. The Morgan fingerprint density at radius 2 is 1.65 bits per heavy atom. The molecule has 0 saturated carbocycles. The van der Waals surface area contributed by atoms with Crippen LogP contribution in [0.15, 0.2) is 72.8 Å². The van der Waals surface area contributed by atoms with Crippen LogP contribution in [0.1, 0.15) is 37.6 Å². The van der Waals surface area contributed by atoms with E-state index in [9.17, 15) is 4.79 Å². The molecule has 0 aliphatic carbocycles. The van der Waals surface area contributed by atoms with Crippen molar-refractivity contribution in [3.8, 4) is 11.5 Å². The summed E-state index contributed by atoms with van der Waals surface area (Å²) in [5.41, 5.74) is 3.08. The fourth-order valence-electron chi connectivity index (χ4n) is 4.32. The van der Waals surface area contributed by atoms with Crippen molar-refractivity contribution in [3.63, 3.8) is 0 Å². The maximum Gasteiger partial charge on any atom is 0.224 e. The van der Waals surface area contributed by atoms with Gasteiger partial charge in [0.15, 0.2) is 11.5 Å². The molecule has 0 bridgehead atoms. The zero-order valence-corrected chi connectivity index (χ0v) is 22.0. The molecule has 6 nitrogen and oxygen atoms in total. The molecule has 4 rings (SSSR count). The summed E-state index contributed by atoms with van der Waals surface area (Å²) in [5.74, 6) is 2.62. The van der Waals surface area contributed by atoms with Gasteiger partial charge in [-0.25, -0.2) is 4.98 Å². The number of nitrogens with zero attached hydrogens (tertiary/aromatic N) is 2. The molecule has 0 spiro atoms. The number of aromatic nitrogens is 2. The van der Waals surface area contributed by atoms with Gasteiger partial charge < -0.3 is 19.4 Å². The number of ether oxygens (including phenoxy) is 2.